The zero-order chi connectivity index (χ0) is 30.5. The molecular weight excluding hydrogens is 552 g/mol. The number of nitrogens with one attached hydrogen (secondary N) is 1. The maximum absolute atomic E-state index is 13.9. The van der Waals surface area contributed by atoms with Crippen LogP contribution in [0, 0.1) is 0 Å². The predicted molar refractivity (Wildman–Crippen MR) is 169 cm³/mol. The highest BCUT2D eigenvalue weighted by Crippen LogP contribution is 2.35. The number of piperidine rings is 1. The zero-order valence-electron chi connectivity index (χ0n) is 25.2. The van der Waals surface area contributed by atoms with Gasteiger partial charge in [-0.15, -0.1) is 0 Å². The van der Waals surface area contributed by atoms with Crippen LogP contribution in [0.25, 0.3) is 0 Å². The summed E-state index contributed by atoms with van der Waals surface area (Å²) in [5, 5.41) is 12.4. The number of carboxylic acid groups (broad SMARTS) is 1. The standard InChI is InChI=1S/C36H42N4O4/c41-34(37-31-9-5-2-6-10-31)29-15-11-26(12-16-29)23-38-21-19-32(20-22-38)40-33(28-7-3-1-4-8-28)25-39(36(40)44)24-27-13-17-30(18-14-27)35(42)43/h1,3-4,7-8,11-18,31-33H,2,5-6,9-10,19-25H2,(H,37,41)(H,42,43). The van der Waals surface area contributed by atoms with Gasteiger partial charge in [-0.1, -0.05) is 73.9 Å². The van der Waals surface area contributed by atoms with Crippen LogP contribution < -0.4 is 5.32 Å². The molecule has 3 amide bonds. The summed E-state index contributed by atoms with van der Waals surface area (Å²) in [7, 11) is 0. The van der Waals surface area contributed by atoms with Gasteiger partial charge in [0.2, 0.25) is 0 Å². The summed E-state index contributed by atoms with van der Waals surface area (Å²) < 4.78 is 0. The summed E-state index contributed by atoms with van der Waals surface area (Å²) in [6.45, 7) is 3.68. The Hall–Kier alpha value is -4.17. The van der Waals surface area contributed by atoms with Gasteiger partial charge in [0.25, 0.3) is 5.91 Å². The molecule has 2 aliphatic heterocycles. The third-order valence-electron chi connectivity index (χ3n) is 9.49. The molecule has 230 valence electrons. The van der Waals surface area contributed by atoms with Crippen molar-refractivity contribution in [2.75, 3.05) is 19.6 Å². The van der Waals surface area contributed by atoms with Gasteiger partial charge < -0.3 is 20.2 Å². The fourth-order valence-corrected chi connectivity index (χ4v) is 7.02. The zero-order valence-corrected chi connectivity index (χ0v) is 25.2. The highest BCUT2D eigenvalue weighted by Gasteiger charge is 2.42. The molecule has 1 atom stereocenters. The highest BCUT2D eigenvalue weighted by molar-refractivity contribution is 5.94. The number of amides is 3. The number of hydrogen-bond donors (Lipinski definition) is 2. The molecule has 3 aromatic rings. The Morgan fingerprint density at radius 3 is 2.00 bits per heavy atom. The van der Waals surface area contributed by atoms with Crippen molar-refractivity contribution in [2.24, 2.45) is 0 Å². The fraction of sp³-hybridized carbons (Fsp3) is 0.417. The van der Waals surface area contributed by atoms with Crippen LogP contribution in [-0.2, 0) is 13.1 Å². The lowest BCUT2D eigenvalue weighted by Gasteiger charge is -2.39. The number of carbonyl (C=O) groups excluding carboxylic acids is 2. The number of carboxylic acids is 1. The first-order chi connectivity index (χ1) is 21.4. The molecule has 1 saturated carbocycles. The van der Waals surface area contributed by atoms with Crippen molar-refractivity contribution in [1.29, 1.82) is 0 Å². The summed E-state index contributed by atoms with van der Waals surface area (Å²) in [5.74, 6) is -0.927. The van der Waals surface area contributed by atoms with Crippen molar-refractivity contribution in [3.8, 4) is 0 Å². The molecule has 0 aromatic heterocycles. The van der Waals surface area contributed by atoms with Crippen LogP contribution >= 0.6 is 0 Å². The van der Waals surface area contributed by atoms with Crippen LogP contribution in [0.1, 0.15) is 88.4 Å². The van der Waals surface area contributed by atoms with Crippen molar-refractivity contribution in [1.82, 2.24) is 20.0 Å². The lowest BCUT2D eigenvalue weighted by atomic mass is 9.95. The minimum Gasteiger partial charge on any atom is -0.478 e. The Balaban J connectivity index is 1.07. The Labute approximate surface area is 259 Å². The lowest BCUT2D eigenvalue weighted by Crippen LogP contribution is -2.47. The van der Waals surface area contributed by atoms with E-state index in [0.717, 1.165) is 62.0 Å². The van der Waals surface area contributed by atoms with Crippen molar-refractivity contribution in [2.45, 2.75) is 76.2 Å². The van der Waals surface area contributed by atoms with Crippen LogP contribution in [0.15, 0.2) is 78.9 Å². The van der Waals surface area contributed by atoms with E-state index in [4.69, 9.17) is 0 Å². The molecule has 1 aliphatic carbocycles. The van der Waals surface area contributed by atoms with Crippen molar-refractivity contribution >= 4 is 17.9 Å². The first-order valence-corrected chi connectivity index (χ1v) is 16.0. The molecule has 0 bridgehead atoms. The third-order valence-corrected chi connectivity index (χ3v) is 9.49. The van der Waals surface area contributed by atoms with Crippen molar-refractivity contribution in [3.05, 3.63) is 107 Å². The second-order valence-electron chi connectivity index (χ2n) is 12.5. The predicted octanol–water partition coefficient (Wildman–Crippen LogP) is 6.09. The average molecular weight is 595 g/mol. The Morgan fingerprint density at radius 1 is 0.750 bits per heavy atom. The topological polar surface area (TPSA) is 93.2 Å². The second-order valence-corrected chi connectivity index (χ2v) is 12.5. The lowest BCUT2D eigenvalue weighted by molar-refractivity contribution is 0.0696. The summed E-state index contributed by atoms with van der Waals surface area (Å²) in [5.41, 5.74) is 4.22. The molecule has 44 heavy (non-hydrogen) atoms. The van der Waals surface area contributed by atoms with Crippen molar-refractivity contribution < 1.29 is 19.5 Å². The summed E-state index contributed by atoms with van der Waals surface area (Å²) >= 11 is 0. The van der Waals surface area contributed by atoms with Gasteiger partial charge in [0.05, 0.1) is 11.6 Å². The van der Waals surface area contributed by atoms with Gasteiger partial charge in [-0.05, 0) is 66.6 Å². The van der Waals surface area contributed by atoms with Gasteiger partial charge in [0.1, 0.15) is 0 Å². The van der Waals surface area contributed by atoms with E-state index in [1.807, 2.05) is 35.2 Å². The molecular formula is C36H42N4O4. The number of urea groups is 1. The van der Waals surface area contributed by atoms with E-state index in [0.29, 0.717) is 19.1 Å². The molecule has 3 aromatic carbocycles. The molecule has 2 heterocycles. The quantitative estimate of drug-likeness (QED) is 0.313. The molecule has 0 radical (unpaired) electrons. The molecule has 2 saturated heterocycles. The van der Waals surface area contributed by atoms with Crippen LogP contribution in [0.2, 0.25) is 0 Å². The Kier molecular flexibility index (Phi) is 9.26. The summed E-state index contributed by atoms with van der Waals surface area (Å²) in [6, 6.07) is 25.5. The van der Waals surface area contributed by atoms with E-state index >= 15 is 0 Å². The van der Waals surface area contributed by atoms with Gasteiger partial charge >= 0.3 is 12.0 Å². The molecule has 0 spiro atoms. The number of carbonyl (C=O) groups is 3. The molecule has 3 aliphatic rings. The Morgan fingerprint density at radius 2 is 1.36 bits per heavy atom. The van der Waals surface area contributed by atoms with E-state index in [1.54, 1.807) is 24.3 Å². The van der Waals surface area contributed by atoms with Crippen LogP contribution in [-0.4, -0.2) is 69.4 Å². The van der Waals surface area contributed by atoms with E-state index in [1.165, 1.54) is 24.8 Å². The largest absolute Gasteiger partial charge is 0.478 e. The molecule has 8 heteroatoms. The molecule has 1 unspecified atom stereocenters. The molecule has 6 rings (SSSR count). The SMILES string of the molecule is O=C(O)c1ccc(CN2CC(c3ccccc3)N(C3CCN(Cc4ccc(C(=O)NC5CCCCC5)cc4)CC3)C2=O)cc1. The summed E-state index contributed by atoms with van der Waals surface area (Å²) in [4.78, 5) is 44.3. The molecule has 2 N–H and O–H groups in total. The number of likely N-dealkylation sites (tertiary alicyclic amines) is 1. The monoisotopic (exact) mass is 594 g/mol. The third kappa shape index (κ3) is 6.97. The minimum absolute atomic E-state index is 0.0224. The molecule has 8 nitrogen and oxygen atoms in total. The highest BCUT2D eigenvalue weighted by atomic mass is 16.4. The fourth-order valence-electron chi connectivity index (χ4n) is 7.02. The van der Waals surface area contributed by atoms with Gasteiger partial charge in [0, 0.05) is 50.4 Å². The smallest absolute Gasteiger partial charge is 0.335 e. The van der Waals surface area contributed by atoms with Gasteiger partial charge in [-0.25, -0.2) is 9.59 Å². The van der Waals surface area contributed by atoms with Crippen LogP contribution in [0.4, 0.5) is 4.79 Å². The average Bonchev–Trinajstić information content (AvgIpc) is 3.38. The number of rotatable bonds is 9. The number of benzene rings is 3. The maximum Gasteiger partial charge on any atom is 0.335 e. The molecule has 3 fully saturated rings. The van der Waals surface area contributed by atoms with E-state index in [9.17, 15) is 19.5 Å². The minimum atomic E-state index is -0.954. The van der Waals surface area contributed by atoms with E-state index in [2.05, 4.69) is 39.4 Å². The van der Waals surface area contributed by atoms with Gasteiger partial charge in [0.15, 0.2) is 0 Å². The number of aromatic carboxylic acids is 1. The summed E-state index contributed by atoms with van der Waals surface area (Å²) in [6.07, 6.45) is 7.62. The second kappa shape index (κ2) is 13.6. The number of hydrogen-bond acceptors (Lipinski definition) is 4. The van der Waals surface area contributed by atoms with Gasteiger partial charge in [-0.3, -0.25) is 9.69 Å². The van der Waals surface area contributed by atoms with Gasteiger partial charge in [-0.2, -0.15) is 0 Å². The maximum atomic E-state index is 13.9. The Bertz CT molecular complexity index is 1430. The first-order valence-electron chi connectivity index (χ1n) is 16.0. The van der Waals surface area contributed by atoms with Crippen LogP contribution in [0.3, 0.4) is 0 Å². The number of nitrogens with zero attached hydrogens (tertiary/aromatic N) is 3. The normalized spacial score (nSPS) is 20.2. The van der Waals surface area contributed by atoms with E-state index in [-0.39, 0.29) is 29.6 Å². The van der Waals surface area contributed by atoms with Crippen molar-refractivity contribution in [3.63, 3.8) is 0 Å². The first kappa shape index (κ1) is 29.9. The van der Waals surface area contributed by atoms with E-state index < -0.39 is 5.97 Å². The van der Waals surface area contributed by atoms with Crippen LogP contribution in [0.5, 0.6) is 0 Å².